The van der Waals surface area contributed by atoms with Crippen LogP contribution >= 0.6 is 0 Å². The van der Waals surface area contributed by atoms with Crippen LogP contribution in [0.25, 0.3) is 0 Å². The van der Waals surface area contributed by atoms with Crippen molar-refractivity contribution in [3.63, 3.8) is 0 Å². The highest BCUT2D eigenvalue weighted by molar-refractivity contribution is 7.90. The summed E-state index contributed by atoms with van der Waals surface area (Å²) in [7, 11) is -3.54. The lowest BCUT2D eigenvalue weighted by Gasteiger charge is -2.04. The van der Waals surface area contributed by atoms with E-state index < -0.39 is 15.8 Å². The first-order valence-electron chi connectivity index (χ1n) is 5.72. The Morgan fingerprint density at radius 3 is 2.20 bits per heavy atom. The zero-order chi connectivity index (χ0) is 14.8. The summed E-state index contributed by atoms with van der Waals surface area (Å²) in [6.07, 6.45) is 2.19. The summed E-state index contributed by atoms with van der Waals surface area (Å²) in [5.74, 6) is -1.45. The smallest absolute Gasteiger partial charge is 0.338 e. The number of hydrogen-bond donors (Lipinski definition) is 1. The van der Waals surface area contributed by atoms with Crippen molar-refractivity contribution in [2.24, 2.45) is 0 Å². The van der Waals surface area contributed by atoms with Crippen LogP contribution in [0, 0.1) is 6.92 Å². The molecule has 0 saturated heterocycles. The minimum absolute atomic E-state index is 0.0653. The van der Waals surface area contributed by atoms with Gasteiger partial charge in [-0.25, -0.2) is 23.2 Å². The highest BCUT2D eigenvalue weighted by atomic mass is 32.2. The number of rotatable bonds is 4. The molecule has 0 unspecified atom stereocenters. The molecule has 0 aliphatic carbocycles. The number of aromatic nitrogens is 2. The van der Waals surface area contributed by atoms with Gasteiger partial charge in [0.05, 0.1) is 10.5 Å². The summed E-state index contributed by atoms with van der Waals surface area (Å²) in [6.45, 7) is 1.87. The summed E-state index contributed by atoms with van der Waals surface area (Å²) in [4.78, 5) is 18.4. The van der Waals surface area contributed by atoms with E-state index in [-0.39, 0.29) is 22.0 Å². The Hall–Kier alpha value is -2.28. The van der Waals surface area contributed by atoms with Crippen LogP contribution in [0.1, 0.15) is 21.7 Å². The van der Waals surface area contributed by atoms with E-state index in [0.29, 0.717) is 0 Å². The molecule has 6 nitrogen and oxygen atoms in total. The van der Waals surface area contributed by atoms with Crippen molar-refractivity contribution in [2.45, 2.75) is 17.6 Å². The third-order valence-electron chi connectivity index (χ3n) is 2.65. The average Bonchev–Trinajstić information content (AvgIpc) is 2.39. The maximum atomic E-state index is 12.1. The maximum absolute atomic E-state index is 12.1. The standard InChI is InChI=1S/C13H12N2O4S/c1-9-2-4-11(5-3-9)20(18,19)8-12-14-6-10(7-15-12)13(16)17/h2-7H,8H2,1H3,(H,16,17). The monoisotopic (exact) mass is 292 g/mol. The van der Waals surface area contributed by atoms with E-state index in [1.165, 1.54) is 12.1 Å². The Morgan fingerprint density at radius 1 is 1.15 bits per heavy atom. The molecule has 1 heterocycles. The van der Waals surface area contributed by atoms with Crippen molar-refractivity contribution in [1.82, 2.24) is 9.97 Å². The fourth-order valence-electron chi connectivity index (χ4n) is 1.54. The Balaban J connectivity index is 2.24. The van der Waals surface area contributed by atoms with Crippen molar-refractivity contribution in [2.75, 3.05) is 0 Å². The lowest BCUT2D eigenvalue weighted by molar-refractivity contribution is 0.0696. The van der Waals surface area contributed by atoms with Gasteiger partial charge >= 0.3 is 5.97 Å². The number of nitrogens with zero attached hydrogens (tertiary/aromatic N) is 2. The number of aromatic carboxylic acids is 1. The normalized spacial score (nSPS) is 11.2. The fourth-order valence-corrected chi connectivity index (χ4v) is 2.75. The number of carbonyl (C=O) groups is 1. The second-order valence-corrected chi connectivity index (χ2v) is 6.25. The van der Waals surface area contributed by atoms with Crippen LogP contribution in [-0.2, 0) is 15.6 Å². The van der Waals surface area contributed by atoms with Crippen molar-refractivity contribution in [3.8, 4) is 0 Å². The number of sulfone groups is 1. The minimum Gasteiger partial charge on any atom is -0.478 e. The van der Waals surface area contributed by atoms with E-state index in [0.717, 1.165) is 18.0 Å². The predicted octanol–water partition coefficient (Wildman–Crippen LogP) is 1.46. The Morgan fingerprint density at radius 2 is 1.70 bits per heavy atom. The van der Waals surface area contributed by atoms with E-state index in [4.69, 9.17) is 5.11 Å². The molecule has 0 aliphatic heterocycles. The van der Waals surface area contributed by atoms with Gasteiger partial charge in [0.25, 0.3) is 0 Å². The van der Waals surface area contributed by atoms with Gasteiger partial charge in [-0.3, -0.25) is 0 Å². The van der Waals surface area contributed by atoms with Crippen molar-refractivity contribution in [1.29, 1.82) is 0 Å². The molecular weight excluding hydrogens is 280 g/mol. The number of aryl methyl sites for hydroxylation is 1. The number of carboxylic acid groups (broad SMARTS) is 1. The van der Waals surface area contributed by atoms with Crippen LogP contribution < -0.4 is 0 Å². The summed E-state index contributed by atoms with van der Waals surface area (Å²) in [5, 5.41) is 8.71. The maximum Gasteiger partial charge on any atom is 0.338 e. The summed E-state index contributed by atoms with van der Waals surface area (Å²) >= 11 is 0. The minimum atomic E-state index is -3.54. The number of carboxylic acids is 1. The quantitative estimate of drug-likeness (QED) is 0.916. The lowest BCUT2D eigenvalue weighted by Crippen LogP contribution is -2.09. The SMILES string of the molecule is Cc1ccc(S(=O)(=O)Cc2ncc(C(=O)O)cn2)cc1. The van der Waals surface area contributed by atoms with Gasteiger partial charge in [-0.05, 0) is 19.1 Å². The van der Waals surface area contributed by atoms with Gasteiger partial charge in [-0.15, -0.1) is 0 Å². The predicted molar refractivity (Wildman–Crippen MR) is 71.1 cm³/mol. The van der Waals surface area contributed by atoms with Crippen LogP contribution in [-0.4, -0.2) is 29.5 Å². The second-order valence-electron chi connectivity index (χ2n) is 4.27. The molecule has 0 aliphatic rings. The van der Waals surface area contributed by atoms with Gasteiger partial charge in [0.15, 0.2) is 9.84 Å². The molecule has 2 rings (SSSR count). The number of hydrogen-bond acceptors (Lipinski definition) is 5. The third-order valence-corrected chi connectivity index (χ3v) is 4.28. The molecule has 1 aromatic carbocycles. The van der Waals surface area contributed by atoms with Crippen LogP contribution in [0.5, 0.6) is 0 Å². The van der Waals surface area contributed by atoms with E-state index in [9.17, 15) is 13.2 Å². The Bertz CT molecular complexity index is 722. The van der Waals surface area contributed by atoms with Gasteiger partial charge in [-0.2, -0.15) is 0 Å². The van der Waals surface area contributed by atoms with Gasteiger partial charge in [-0.1, -0.05) is 17.7 Å². The molecule has 104 valence electrons. The van der Waals surface area contributed by atoms with Gasteiger partial charge in [0.1, 0.15) is 11.6 Å². The molecule has 0 bridgehead atoms. The zero-order valence-electron chi connectivity index (χ0n) is 10.6. The van der Waals surface area contributed by atoms with Crippen LogP contribution in [0.15, 0.2) is 41.6 Å². The average molecular weight is 292 g/mol. The van der Waals surface area contributed by atoms with Crippen molar-refractivity contribution >= 4 is 15.8 Å². The fraction of sp³-hybridized carbons (Fsp3) is 0.154. The summed E-state index contributed by atoms with van der Waals surface area (Å²) in [5.41, 5.74) is 0.882. The van der Waals surface area contributed by atoms with Crippen LogP contribution in [0.4, 0.5) is 0 Å². The summed E-state index contributed by atoms with van der Waals surface area (Å²) in [6, 6.07) is 6.47. The first-order valence-corrected chi connectivity index (χ1v) is 7.37. The zero-order valence-corrected chi connectivity index (χ0v) is 11.5. The van der Waals surface area contributed by atoms with Gasteiger partial charge < -0.3 is 5.11 Å². The molecule has 20 heavy (non-hydrogen) atoms. The highest BCUT2D eigenvalue weighted by Gasteiger charge is 2.17. The Labute approximate surface area is 116 Å². The Kier molecular flexibility index (Phi) is 3.80. The second kappa shape index (κ2) is 5.38. The molecule has 0 fully saturated rings. The van der Waals surface area contributed by atoms with Crippen molar-refractivity contribution in [3.05, 3.63) is 53.6 Å². The number of benzene rings is 1. The molecule has 2 aromatic rings. The third kappa shape index (κ3) is 3.18. The van der Waals surface area contributed by atoms with Gasteiger partial charge in [0.2, 0.25) is 0 Å². The highest BCUT2D eigenvalue weighted by Crippen LogP contribution is 2.15. The lowest BCUT2D eigenvalue weighted by atomic mass is 10.2. The first-order chi connectivity index (χ1) is 9.38. The first kappa shape index (κ1) is 14.1. The van der Waals surface area contributed by atoms with Crippen LogP contribution in [0.2, 0.25) is 0 Å². The molecule has 1 aromatic heterocycles. The van der Waals surface area contributed by atoms with Gasteiger partial charge in [0, 0.05) is 12.4 Å². The van der Waals surface area contributed by atoms with Crippen LogP contribution in [0.3, 0.4) is 0 Å². The summed E-state index contributed by atoms with van der Waals surface area (Å²) < 4.78 is 24.3. The van der Waals surface area contributed by atoms with E-state index in [1.807, 2.05) is 6.92 Å². The molecule has 1 N–H and O–H groups in total. The topological polar surface area (TPSA) is 97.2 Å². The van der Waals surface area contributed by atoms with E-state index in [2.05, 4.69) is 9.97 Å². The van der Waals surface area contributed by atoms with Crippen molar-refractivity contribution < 1.29 is 18.3 Å². The molecule has 0 radical (unpaired) electrons. The molecule has 0 spiro atoms. The molecule has 0 saturated carbocycles. The molecule has 0 atom stereocenters. The van der Waals surface area contributed by atoms with E-state index >= 15 is 0 Å². The largest absolute Gasteiger partial charge is 0.478 e. The molecule has 0 amide bonds. The van der Waals surface area contributed by atoms with E-state index in [1.54, 1.807) is 12.1 Å². The molecule has 7 heteroatoms. The molecular formula is C13H12N2O4S.